The quantitative estimate of drug-likeness (QED) is 0.226. The molecular weight excluding hydrogens is 232 g/mol. The molecule has 6 heteroatoms. The van der Waals surface area contributed by atoms with Gasteiger partial charge in [-0.15, -0.1) is 0 Å². The highest BCUT2D eigenvalue weighted by Gasteiger charge is 2.19. The maximum atomic E-state index is 9.80. The molecule has 0 aliphatic carbocycles. The molecule has 110 valence electrons. The van der Waals surface area contributed by atoms with Crippen molar-refractivity contribution in [2.24, 2.45) is 5.73 Å². The van der Waals surface area contributed by atoms with Crippen molar-refractivity contribution in [1.82, 2.24) is 15.5 Å². The number of aliphatic hydroxyl groups is 2. The second-order valence-corrected chi connectivity index (χ2v) is 4.30. The van der Waals surface area contributed by atoms with E-state index in [-0.39, 0.29) is 0 Å². The molecule has 0 radical (unpaired) electrons. The van der Waals surface area contributed by atoms with Crippen LogP contribution in [-0.4, -0.2) is 66.8 Å². The first-order chi connectivity index (χ1) is 8.67. The van der Waals surface area contributed by atoms with Crippen molar-refractivity contribution >= 4 is 0 Å². The zero-order valence-electron chi connectivity index (χ0n) is 11.7. The zero-order valence-corrected chi connectivity index (χ0v) is 11.7. The Balaban J connectivity index is 3.70. The molecule has 18 heavy (non-hydrogen) atoms. The summed E-state index contributed by atoms with van der Waals surface area (Å²) in [4.78, 5) is 1.72. The Bertz CT molecular complexity index is 173. The number of nitrogens with one attached hydrogen (secondary N) is 2. The fourth-order valence-corrected chi connectivity index (χ4v) is 1.70. The Morgan fingerprint density at radius 2 is 1.44 bits per heavy atom. The van der Waals surface area contributed by atoms with E-state index >= 15 is 0 Å². The summed E-state index contributed by atoms with van der Waals surface area (Å²) < 4.78 is 0. The van der Waals surface area contributed by atoms with Gasteiger partial charge in [0.2, 0.25) is 0 Å². The number of aliphatic hydroxyl groups excluding tert-OH is 2. The van der Waals surface area contributed by atoms with Crippen molar-refractivity contribution in [1.29, 1.82) is 0 Å². The minimum atomic E-state index is -0.572. The molecule has 0 fully saturated rings. The Morgan fingerprint density at radius 3 is 1.89 bits per heavy atom. The zero-order chi connectivity index (χ0) is 13.8. The van der Waals surface area contributed by atoms with E-state index in [9.17, 15) is 10.2 Å². The van der Waals surface area contributed by atoms with Crippen LogP contribution in [0.1, 0.15) is 26.7 Å². The Labute approximate surface area is 111 Å². The summed E-state index contributed by atoms with van der Waals surface area (Å²) in [5.74, 6) is 0. The Kier molecular flexibility index (Phi) is 11.7. The summed E-state index contributed by atoms with van der Waals surface area (Å²) in [5.41, 5.74) is 5.36. The van der Waals surface area contributed by atoms with Gasteiger partial charge >= 0.3 is 0 Å². The van der Waals surface area contributed by atoms with Crippen LogP contribution in [0.25, 0.3) is 0 Å². The summed E-state index contributed by atoms with van der Waals surface area (Å²) in [7, 11) is 0. The number of hydrogen-bond acceptors (Lipinski definition) is 6. The van der Waals surface area contributed by atoms with Gasteiger partial charge in [0.25, 0.3) is 0 Å². The molecule has 0 rings (SSSR count). The smallest absolute Gasteiger partial charge is 0.109 e. The predicted octanol–water partition coefficient (Wildman–Crippen LogP) is -1.12. The normalized spacial score (nSPS) is 15.0. The Hall–Kier alpha value is -0.240. The highest BCUT2D eigenvalue weighted by atomic mass is 16.3. The van der Waals surface area contributed by atoms with E-state index in [0.29, 0.717) is 25.9 Å². The van der Waals surface area contributed by atoms with Gasteiger partial charge < -0.3 is 26.6 Å². The number of hydrogen-bond donors (Lipinski definition) is 5. The van der Waals surface area contributed by atoms with Crippen molar-refractivity contribution in [2.75, 3.05) is 39.3 Å². The minimum absolute atomic E-state index is 0.572. The maximum Gasteiger partial charge on any atom is 0.109 e. The second kappa shape index (κ2) is 11.8. The number of nitrogens with zero attached hydrogens (tertiary/aromatic N) is 1. The first-order valence-electron chi connectivity index (χ1n) is 6.90. The van der Waals surface area contributed by atoms with E-state index in [1.807, 2.05) is 13.8 Å². The van der Waals surface area contributed by atoms with Gasteiger partial charge in [0.1, 0.15) is 12.5 Å². The molecule has 0 saturated heterocycles. The third-order valence-electron chi connectivity index (χ3n) is 2.84. The summed E-state index contributed by atoms with van der Waals surface area (Å²) in [6.07, 6.45) is 0.0961. The number of nitrogens with two attached hydrogens (primary N) is 1. The van der Waals surface area contributed by atoms with E-state index in [1.165, 1.54) is 0 Å². The monoisotopic (exact) mass is 262 g/mol. The van der Waals surface area contributed by atoms with Crippen molar-refractivity contribution < 1.29 is 10.2 Å². The van der Waals surface area contributed by atoms with Crippen LogP contribution < -0.4 is 16.4 Å². The molecule has 0 amide bonds. The third kappa shape index (κ3) is 7.97. The van der Waals surface area contributed by atoms with E-state index in [2.05, 4.69) is 10.6 Å². The second-order valence-electron chi connectivity index (χ2n) is 4.30. The topological polar surface area (TPSA) is 93.8 Å². The van der Waals surface area contributed by atoms with Crippen LogP contribution in [0, 0.1) is 0 Å². The van der Waals surface area contributed by atoms with E-state index in [4.69, 9.17) is 5.73 Å². The van der Waals surface area contributed by atoms with Crippen molar-refractivity contribution in [3.63, 3.8) is 0 Å². The first-order valence-corrected chi connectivity index (χ1v) is 6.90. The standard InChI is InChI=1S/C12H30N4O2/c1-3-11(17)16(12(18)4-2)10-9-15-8-7-14-6-5-13/h11-12,14-15,17-18H,3-10,13H2,1-2H3. The lowest BCUT2D eigenvalue weighted by Gasteiger charge is -2.31. The van der Waals surface area contributed by atoms with Crippen LogP contribution >= 0.6 is 0 Å². The van der Waals surface area contributed by atoms with Gasteiger partial charge in [-0.1, -0.05) is 13.8 Å². The molecule has 0 saturated carbocycles. The summed E-state index contributed by atoms with van der Waals surface area (Å²) in [6.45, 7) is 8.42. The van der Waals surface area contributed by atoms with Crippen LogP contribution in [0.3, 0.4) is 0 Å². The molecule has 2 atom stereocenters. The molecule has 0 aromatic carbocycles. The van der Waals surface area contributed by atoms with Crippen LogP contribution in [0.5, 0.6) is 0 Å². The first kappa shape index (κ1) is 17.8. The van der Waals surface area contributed by atoms with Crippen LogP contribution in [0.2, 0.25) is 0 Å². The van der Waals surface area contributed by atoms with E-state index < -0.39 is 12.5 Å². The lowest BCUT2D eigenvalue weighted by atomic mass is 10.3. The molecule has 6 N–H and O–H groups in total. The van der Waals surface area contributed by atoms with E-state index in [1.54, 1.807) is 4.90 Å². The van der Waals surface area contributed by atoms with Gasteiger partial charge in [-0.05, 0) is 12.8 Å². The fourth-order valence-electron chi connectivity index (χ4n) is 1.70. The minimum Gasteiger partial charge on any atom is -0.378 e. The third-order valence-corrected chi connectivity index (χ3v) is 2.84. The van der Waals surface area contributed by atoms with Crippen LogP contribution in [-0.2, 0) is 0 Å². The van der Waals surface area contributed by atoms with E-state index in [0.717, 1.165) is 26.2 Å². The van der Waals surface area contributed by atoms with Gasteiger partial charge in [0.15, 0.2) is 0 Å². The molecule has 0 bridgehead atoms. The largest absolute Gasteiger partial charge is 0.378 e. The average Bonchev–Trinajstić information content (AvgIpc) is 2.40. The van der Waals surface area contributed by atoms with Gasteiger partial charge in [0.05, 0.1) is 0 Å². The summed E-state index contributed by atoms with van der Waals surface area (Å²) >= 11 is 0. The highest BCUT2D eigenvalue weighted by molar-refractivity contribution is 4.65. The van der Waals surface area contributed by atoms with Crippen LogP contribution in [0.15, 0.2) is 0 Å². The molecule has 0 heterocycles. The molecule has 2 unspecified atom stereocenters. The molecule has 0 aliphatic rings. The lowest BCUT2D eigenvalue weighted by molar-refractivity contribution is -0.102. The molecule has 0 spiro atoms. The van der Waals surface area contributed by atoms with Gasteiger partial charge in [-0.25, -0.2) is 0 Å². The predicted molar refractivity (Wildman–Crippen MR) is 74.1 cm³/mol. The van der Waals surface area contributed by atoms with Crippen molar-refractivity contribution in [2.45, 2.75) is 39.1 Å². The molecular formula is C12H30N4O2. The molecule has 0 aliphatic heterocycles. The fraction of sp³-hybridized carbons (Fsp3) is 1.00. The SMILES string of the molecule is CCC(O)N(CCNCCNCCN)C(O)CC. The highest BCUT2D eigenvalue weighted by Crippen LogP contribution is 2.06. The molecule has 6 nitrogen and oxygen atoms in total. The Morgan fingerprint density at radius 1 is 0.944 bits per heavy atom. The van der Waals surface area contributed by atoms with Gasteiger partial charge in [0, 0.05) is 39.3 Å². The van der Waals surface area contributed by atoms with Crippen molar-refractivity contribution in [3.8, 4) is 0 Å². The van der Waals surface area contributed by atoms with Gasteiger partial charge in [-0.3, -0.25) is 4.90 Å². The summed E-state index contributed by atoms with van der Waals surface area (Å²) in [5, 5.41) is 26.1. The van der Waals surface area contributed by atoms with Crippen molar-refractivity contribution in [3.05, 3.63) is 0 Å². The lowest BCUT2D eigenvalue weighted by Crippen LogP contribution is -2.46. The van der Waals surface area contributed by atoms with Gasteiger partial charge in [-0.2, -0.15) is 0 Å². The van der Waals surface area contributed by atoms with Crippen LogP contribution in [0.4, 0.5) is 0 Å². The maximum absolute atomic E-state index is 9.80. The summed E-state index contributed by atoms with van der Waals surface area (Å²) in [6, 6.07) is 0. The molecule has 0 aromatic heterocycles. The average molecular weight is 262 g/mol. The molecule has 0 aromatic rings. The number of rotatable bonds is 12.